The number of hydrogen-bond acceptors (Lipinski definition) is 1. The molecule has 0 bridgehead atoms. The molecule has 0 aliphatic carbocycles. The summed E-state index contributed by atoms with van der Waals surface area (Å²) in [5.74, 6) is 0. The summed E-state index contributed by atoms with van der Waals surface area (Å²) in [5, 5.41) is 4.91. The zero-order chi connectivity index (χ0) is 9.97. The van der Waals surface area contributed by atoms with Crippen molar-refractivity contribution < 1.29 is 0 Å². The van der Waals surface area contributed by atoms with E-state index in [0.29, 0.717) is 6.04 Å². The first kappa shape index (κ1) is 10.3. The van der Waals surface area contributed by atoms with Crippen LogP contribution in [-0.2, 0) is 6.42 Å². The number of hydrogen-bond donors (Lipinski definition) is 1. The highest BCUT2D eigenvalue weighted by Gasteiger charge is 2.14. The number of nitrogens with one attached hydrogen (secondary N) is 1. The lowest BCUT2D eigenvalue weighted by atomic mass is 10.0. The predicted octanol–water partition coefficient (Wildman–Crippen LogP) is 3.29. The summed E-state index contributed by atoms with van der Waals surface area (Å²) in [4.78, 5) is 0. The molecule has 2 rings (SSSR count). The first-order chi connectivity index (χ1) is 6.74. The molecule has 1 atom stereocenters. The van der Waals surface area contributed by atoms with E-state index in [1.54, 1.807) is 6.07 Å². The van der Waals surface area contributed by atoms with Gasteiger partial charge in [-0.1, -0.05) is 23.2 Å². The summed E-state index contributed by atoms with van der Waals surface area (Å²) in [6.45, 7) is 1.14. The van der Waals surface area contributed by atoms with Gasteiger partial charge in [-0.3, -0.25) is 0 Å². The highest BCUT2D eigenvalue weighted by Crippen LogP contribution is 2.21. The van der Waals surface area contributed by atoms with Crippen molar-refractivity contribution in [2.45, 2.75) is 25.3 Å². The van der Waals surface area contributed by atoms with Crippen molar-refractivity contribution in [1.29, 1.82) is 0 Å². The van der Waals surface area contributed by atoms with Crippen molar-refractivity contribution in [2.75, 3.05) is 6.54 Å². The van der Waals surface area contributed by atoms with Crippen molar-refractivity contribution in [3.8, 4) is 0 Å². The lowest BCUT2D eigenvalue weighted by Crippen LogP contribution is -2.23. The fourth-order valence-corrected chi connectivity index (χ4v) is 2.52. The number of rotatable bonds is 2. The van der Waals surface area contributed by atoms with Gasteiger partial charge in [0.15, 0.2) is 0 Å². The van der Waals surface area contributed by atoms with Crippen LogP contribution >= 0.6 is 23.2 Å². The maximum absolute atomic E-state index is 5.93. The molecule has 1 saturated heterocycles. The minimum atomic E-state index is 0.601. The van der Waals surface area contributed by atoms with Gasteiger partial charge in [0.25, 0.3) is 0 Å². The lowest BCUT2D eigenvalue weighted by molar-refractivity contribution is 0.603. The Morgan fingerprint density at radius 3 is 2.50 bits per heavy atom. The van der Waals surface area contributed by atoms with E-state index < -0.39 is 0 Å². The Kier molecular flexibility index (Phi) is 3.32. The van der Waals surface area contributed by atoms with Gasteiger partial charge in [-0.15, -0.1) is 0 Å². The van der Waals surface area contributed by atoms with E-state index in [0.717, 1.165) is 23.0 Å². The third kappa shape index (κ3) is 2.63. The quantitative estimate of drug-likeness (QED) is 0.821. The predicted molar refractivity (Wildman–Crippen MR) is 61.2 cm³/mol. The molecule has 0 saturated carbocycles. The van der Waals surface area contributed by atoms with Gasteiger partial charge in [0.1, 0.15) is 0 Å². The van der Waals surface area contributed by atoms with Crippen LogP contribution < -0.4 is 5.32 Å². The molecular weight excluding hydrogens is 217 g/mol. The maximum Gasteiger partial charge on any atom is 0.0423 e. The summed E-state index contributed by atoms with van der Waals surface area (Å²) >= 11 is 11.9. The Hall–Kier alpha value is -0.240. The molecular formula is C11H13Cl2N. The fraction of sp³-hybridized carbons (Fsp3) is 0.455. The third-order valence-corrected chi connectivity index (χ3v) is 3.00. The van der Waals surface area contributed by atoms with Crippen LogP contribution in [0.2, 0.25) is 10.0 Å². The summed E-state index contributed by atoms with van der Waals surface area (Å²) in [6.07, 6.45) is 3.56. The lowest BCUT2D eigenvalue weighted by Gasteiger charge is -2.10. The second-order valence-electron chi connectivity index (χ2n) is 3.78. The first-order valence-corrected chi connectivity index (χ1v) is 5.68. The monoisotopic (exact) mass is 229 g/mol. The average molecular weight is 230 g/mol. The molecule has 14 heavy (non-hydrogen) atoms. The molecule has 0 amide bonds. The van der Waals surface area contributed by atoms with Gasteiger partial charge in [-0.25, -0.2) is 0 Å². The van der Waals surface area contributed by atoms with Crippen LogP contribution in [0.3, 0.4) is 0 Å². The SMILES string of the molecule is Clc1cc(Cl)cc(C[C@@H]2CCCN2)c1. The molecule has 0 radical (unpaired) electrons. The Morgan fingerprint density at radius 1 is 1.21 bits per heavy atom. The van der Waals surface area contributed by atoms with Crippen LogP contribution in [0.4, 0.5) is 0 Å². The number of benzene rings is 1. The zero-order valence-corrected chi connectivity index (χ0v) is 9.41. The summed E-state index contributed by atoms with van der Waals surface area (Å²) in [6, 6.07) is 6.36. The Labute approximate surface area is 94.4 Å². The largest absolute Gasteiger partial charge is 0.314 e. The molecule has 1 aromatic carbocycles. The van der Waals surface area contributed by atoms with E-state index in [1.807, 2.05) is 12.1 Å². The summed E-state index contributed by atoms with van der Waals surface area (Å²) in [5.41, 5.74) is 1.22. The molecule has 3 heteroatoms. The molecule has 0 unspecified atom stereocenters. The molecule has 1 nitrogen and oxygen atoms in total. The molecule has 76 valence electrons. The van der Waals surface area contributed by atoms with Crippen LogP contribution in [0.1, 0.15) is 18.4 Å². The molecule has 1 aliphatic rings. The van der Waals surface area contributed by atoms with Gasteiger partial charge in [0.05, 0.1) is 0 Å². The molecule has 1 fully saturated rings. The van der Waals surface area contributed by atoms with Gasteiger partial charge < -0.3 is 5.32 Å². The summed E-state index contributed by atoms with van der Waals surface area (Å²) < 4.78 is 0. The van der Waals surface area contributed by atoms with Crippen molar-refractivity contribution in [1.82, 2.24) is 5.32 Å². The van der Waals surface area contributed by atoms with Gasteiger partial charge in [-0.05, 0) is 49.6 Å². The third-order valence-electron chi connectivity index (χ3n) is 2.57. The minimum Gasteiger partial charge on any atom is -0.314 e. The molecule has 1 N–H and O–H groups in total. The smallest absolute Gasteiger partial charge is 0.0423 e. The van der Waals surface area contributed by atoms with Gasteiger partial charge in [-0.2, -0.15) is 0 Å². The highest BCUT2D eigenvalue weighted by atomic mass is 35.5. The Balaban J connectivity index is 2.07. The van der Waals surface area contributed by atoms with Crippen molar-refractivity contribution in [3.05, 3.63) is 33.8 Å². The molecule has 0 aromatic heterocycles. The van der Waals surface area contributed by atoms with Crippen molar-refractivity contribution in [3.63, 3.8) is 0 Å². The highest BCUT2D eigenvalue weighted by molar-refractivity contribution is 6.34. The standard InChI is InChI=1S/C11H13Cl2N/c12-9-4-8(5-10(13)7-9)6-11-2-1-3-14-11/h4-5,7,11,14H,1-3,6H2/t11-/m0/s1. The topological polar surface area (TPSA) is 12.0 Å². The van der Waals surface area contributed by atoms with E-state index >= 15 is 0 Å². The molecule has 1 heterocycles. The van der Waals surface area contributed by atoms with E-state index in [9.17, 15) is 0 Å². The average Bonchev–Trinajstić information content (AvgIpc) is 2.54. The Morgan fingerprint density at radius 2 is 1.93 bits per heavy atom. The molecule has 1 aromatic rings. The van der Waals surface area contributed by atoms with Crippen LogP contribution in [-0.4, -0.2) is 12.6 Å². The second kappa shape index (κ2) is 4.52. The normalized spacial score (nSPS) is 21.4. The first-order valence-electron chi connectivity index (χ1n) is 4.92. The minimum absolute atomic E-state index is 0.601. The van der Waals surface area contributed by atoms with E-state index in [4.69, 9.17) is 23.2 Å². The molecule has 1 aliphatic heterocycles. The van der Waals surface area contributed by atoms with Crippen molar-refractivity contribution >= 4 is 23.2 Å². The fourth-order valence-electron chi connectivity index (χ4n) is 1.94. The second-order valence-corrected chi connectivity index (χ2v) is 4.65. The van der Waals surface area contributed by atoms with Crippen LogP contribution in [0, 0.1) is 0 Å². The van der Waals surface area contributed by atoms with Gasteiger partial charge in [0.2, 0.25) is 0 Å². The van der Waals surface area contributed by atoms with Crippen LogP contribution in [0.5, 0.6) is 0 Å². The maximum atomic E-state index is 5.93. The van der Waals surface area contributed by atoms with Crippen molar-refractivity contribution in [2.24, 2.45) is 0 Å². The van der Waals surface area contributed by atoms with Crippen LogP contribution in [0.15, 0.2) is 18.2 Å². The van der Waals surface area contributed by atoms with Gasteiger partial charge in [0, 0.05) is 16.1 Å². The number of halogens is 2. The molecule has 0 spiro atoms. The van der Waals surface area contributed by atoms with E-state index in [-0.39, 0.29) is 0 Å². The van der Waals surface area contributed by atoms with E-state index in [1.165, 1.54) is 18.4 Å². The Bertz CT molecular complexity index is 299. The van der Waals surface area contributed by atoms with Crippen LogP contribution in [0.25, 0.3) is 0 Å². The van der Waals surface area contributed by atoms with E-state index in [2.05, 4.69) is 5.32 Å². The zero-order valence-electron chi connectivity index (χ0n) is 7.89. The van der Waals surface area contributed by atoms with Gasteiger partial charge >= 0.3 is 0 Å². The summed E-state index contributed by atoms with van der Waals surface area (Å²) in [7, 11) is 0.